The Morgan fingerprint density at radius 2 is 1.74 bits per heavy atom. The molecule has 5 rings (SSSR count). The number of methoxy groups -OCH3 is 1. The Morgan fingerprint density at radius 3 is 2.47 bits per heavy atom. The monoisotopic (exact) mass is 524 g/mol. The van der Waals surface area contributed by atoms with Crippen LogP contribution in [0.15, 0.2) is 66.7 Å². The molecular weight excluding hydrogens is 491 g/mol. The topological polar surface area (TPSA) is 109 Å². The van der Waals surface area contributed by atoms with E-state index in [1.54, 1.807) is 12.1 Å². The highest BCUT2D eigenvalue weighted by Gasteiger charge is 2.42. The van der Waals surface area contributed by atoms with Crippen molar-refractivity contribution in [2.45, 2.75) is 36.9 Å². The lowest BCUT2D eigenvalue weighted by atomic mass is 9.66. The highest BCUT2D eigenvalue weighted by atomic mass is 19.1. The van der Waals surface area contributed by atoms with E-state index in [4.69, 9.17) is 14.2 Å². The van der Waals surface area contributed by atoms with E-state index in [1.807, 2.05) is 30.3 Å². The van der Waals surface area contributed by atoms with Gasteiger partial charge in [-0.05, 0) is 58.2 Å². The Bertz CT molecular complexity index is 1240. The van der Waals surface area contributed by atoms with Gasteiger partial charge in [-0.1, -0.05) is 54.6 Å². The van der Waals surface area contributed by atoms with Crippen LogP contribution in [0.25, 0.3) is 11.1 Å². The van der Waals surface area contributed by atoms with Gasteiger partial charge >= 0.3 is 0 Å². The largest absolute Gasteiger partial charge is 0.494 e. The van der Waals surface area contributed by atoms with Crippen LogP contribution in [-0.2, 0) is 15.9 Å². The average molecular weight is 525 g/mol. The summed E-state index contributed by atoms with van der Waals surface area (Å²) < 4.78 is 31.1. The highest BCUT2D eigenvalue weighted by Crippen LogP contribution is 2.46. The zero-order chi connectivity index (χ0) is 26.8. The van der Waals surface area contributed by atoms with Crippen molar-refractivity contribution in [3.8, 4) is 16.9 Å². The molecule has 4 N–H and O–H groups in total. The molecule has 202 valence electrons. The number of aliphatic hydroxyl groups excluding tert-OH is 4. The molecule has 8 heteroatoms. The average Bonchev–Trinajstić information content (AvgIpc) is 2.95. The van der Waals surface area contributed by atoms with E-state index in [-0.39, 0.29) is 43.3 Å². The Balaban J connectivity index is 1.55. The van der Waals surface area contributed by atoms with Crippen molar-refractivity contribution in [3.63, 3.8) is 0 Å². The van der Waals surface area contributed by atoms with Gasteiger partial charge in [0, 0.05) is 12.5 Å². The summed E-state index contributed by atoms with van der Waals surface area (Å²) in [7, 11) is 1.42. The number of benzene rings is 3. The van der Waals surface area contributed by atoms with Crippen molar-refractivity contribution in [2.24, 2.45) is 11.8 Å². The first-order chi connectivity index (χ1) is 18.4. The first-order valence-corrected chi connectivity index (χ1v) is 12.8. The second-order valence-corrected chi connectivity index (χ2v) is 10.0. The molecule has 7 nitrogen and oxygen atoms in total. The van der Waals surface area contributed by atoms with Crippen LogP contribution in [0.4, 0.5) is 4.39 Å². The minimum absolute atomic E-state index is 0.0924. The highest BCUT2D eigenvalue weighted by molar-refractivity contribution is 5.66. The number of hydrogen-bond donors (Lipinski definition) is 4. The summed E-state index contributed by atoms with van der Waals surface area (Å²) >= 11 is 0. The molecule has 38 heavy (non-hydrogen) atoms. The molecule has 1 saturated heterocycles. The molecular formula is C30H33FO7. The molecule has 1 heterocycles. The van der Waals surface area contributed by atoms with E-state index in [0.29, 0.717) is 6.42 Å². The number of halogens is 1. The van der Waals surface area contributed by atoms with Gasteiger partial charge in [-0.25, -0.2) is 4.39 Å². The van der Waals surface area contributed by atoms with Gasteiger partial charge in [0.05, 0.1) is 20.3 Å². The molecule has 1 fully saturated rings. The van der Waals surface area contributed by atoms with Gasteiger partial charge in [-0.15, -0.1) is 0 Å². The molecule has 0 saturated carbocycles. The van der Waals surface area contributed by atoms with Crippen molar-refractivity contribution in [1.82, 2.24) is 0 Å². The molecule has 0 aromatic heterocycles. The SMILES string of the molecule is COc1cc(C2c3cc(-c4ccccc4)ccc3C[C@H](CO)[C@H]2CO[C@@H]2OC[C@@H](O)[C@H](O)[C@H]2O)ccc1F. The first-order valence-electron chi connectivity index (χ1n) is 12.8. The van der Waals surface area contributed by atoms with E-state index in [2.05, 4.69) is 18.2 Å². The van der Waals surface area contributed by atoms with Crippen molar-refractivity contribution in [3.05, 3.63) is 89.2 Å². The minimum Gasteiger partial charge on any atom is -0.494 e. The second-order valence-electron chi connectivity index (χ2n) is 10.0. The van der Waals surface area contributed by atoms with Crippen LogP contribution in [0.2, 0.25) is 0 Å². The molecule has 0 spiro atoms. The van der Waals surface area contributed by atoms with Crippen LogP contribution in [0.1, 0.15) is 22.6 Å². The number of ether oxygens (including phenoxy) is 3. The zero-order valence-corrected chi connectivity index (χ0v) is 21.1. The Kier molecular flexibility index (Phi) is 8.09. The van der Waals surface area contributed by atoms with Gasteiger partial charge in [-0.2, -0.15) is 0 Å². The van der Waals surface area contributed by atoms with Gasteiger partial charge in [0.2, 0.25) is 0 Å². The minimum atomic E-state index is -1.42. The summed E-state index contributed by atoms with van der Waals surface area (Å²) in [6.07, 6.45) is -4.53. The fourth-order valence-electron chi connectivity index (χ4n) is 5.68. The van der Waals surface area contributed by atoms with Crippen molar-refractivity contribution in [1.29, 1.82) is 0 Å². The molecule has 7 atom stereocenters. The van der Waals surface area contributed by atoms with Crippen molar-refractivity contribution in [2.75, 3.05) is 26.9 Å². The van der Waals surface area contributed by atoms with E-state index < -0.39 is 30.4 Å². The number of fused-ring (bicyclic) bond motifs is 1. The normalized spacial score (nSPS) is 29.1. The van der Waals surface area contributed by atoms with E-state index in [0.717, 1.165) is 27.8 Å². The molecule has 0 amide bonds. The van der Waals surface area contributed by atoms with Gasteiger partial charge in [0.15, 0.2) is 17.9 Å². The van der Waals surface area contributed by atoms with Crippen LogP contribution >= 0.6 is 0 Å². The lowest BCUT2D eigenvalue weighted by Crippen LogP contribution is -2.54. The molecule has 1 aliphatic heterocycles. The summed E-state index contributed by atoms with van der Waals surface area (Å²) in [4.78, 5) is 0. The molecule has 0 radical (unpaired) electrons. The summed E-state index contributed by atoms with van der Waals surface area (Å²) in [5, 5.41) is 40.7. The van der Waals surface area contributed by atoms with E-state index >= 15 is 0 Å². The zero-order valence-electron chi connectivity index (χ0n) is 21.1. The summed E-state index contributed by atoms with van der Waals surface area (Å²) in [6.45, 7) is -0.174. The molecule has 1 unspecified atom stereocenters. The smallest absolute Gasteiger partial charge is 0.186 e. The Labute approximate surface area is 221 Å². The molecule has 0 bridgehead atoms. The van der Waals surface area contributed by atoms with E-state index in [1.165, 1.54) is 13.2 Å². The fourth-order valence-corrected chi connectivity index (χ4v) is 5.68. The Hall–Kier alpha value is -2.85. The third-order valence-corrected chi connectivity index (χ3v) is 7.78. The van der Waals surface area contributed by atoms with Crippen molar-refractivity contribution >= 4 is 0 Å². The quantitative estimate of drug-likeness (QED) is 0.376. The van der Waals surface area contributed by atoms with Crippen LogP contribution in [-0.4, -0.2) is 72.0 Å². The predicted octanol–water partition coefficient (Wildman–Crippen LogP) is 2.87. The van der Waals surface area contributed by atoms with Crippen LogP contribution in [0, 0.1) is 17.7 Å². The predicted molar refractivity (Wildman–Crippen MR) is 138 cm³/mol. The van der Waals surface area contributed by atoms with Gasteiger partial charge in [0.25, 0.3) is 0 Å². The molecule has 3 aromatic rings. The van der Waals surface area contributed by atoms with Crippen LogP contribution < -0.4 is 4.74 Å². The molecule has 2 aliphatic rings. The maximum Gasteiger partial charge on any atom is 0.186 e. The summed E-state index contributed by atoms with van der Waals surface area (Å²) in [6, 6.07) is 21.1. The number of hydrogen-bond acceptors (Lipinski definition) is 7. The number of rotatable bonds is 7. The van der Waals surface area contributed by atoms with Crippen LogP contribution in [0.5, 0.6) is 5.75 Å². The lowest BCUT2D eigenvalue weighted by molar-refractivity contribution is -0.274. The fraction of sp³-hybridized carbons (Fsp3) is 0.400. The standard InChI is InChI=1S/C30H33FO7/c1-36-26-13-20(9-10-24(26)31)27-22-12-18(17-5-3-2-4-6-17)7-8-19(22)11-21(14-32)23(27)15-37-30-29(35)28(34)25(33)16-38-30/h2-10,12-13,21,23,25,27-30,32-35H,11,14-16H2,1H3/t21-,23-,25-,27?,28+,29-,30-/m1/s1. The number of aliphatic hydroxyl groups is 4. The molecule has 3 aromatic carbocycles. The summed E-state index contributed by atoms with van der Waals surface area (Å²) in [5.41, 5.74) is 5.03. The van der Waals surface area contributed by atoms with Gasteiger partial charge in [-0.3, -0.25) is 0 Å². The molecule has 1 aliphatic carbocycles. The maximum absolute atomic E-state index is 14.4. The first kappa shape index (κ1) is 26.7. The third-order valence-electron chi connectivity index (χ3n) is 7.78. The van der Waals surface area contributed by atoms with Gasteiger partial charge in [0.1, 0.15) is 18.3 Å². The second kappa shape index (κ2) is 11.5. The van der Waals surface area contributed by atoms with Crippen LogP contribution in [0.3, 0.4) is 0 Å². The Morgan fingerprint density at radius 1 is 0.947 bits per heavy atom. The van der Waals surface area contributed by atoms with Crippen molar-refractivity contribution < 1.29 is 39.0 Å². The lowest BCUT2D eigenvalue weighted by Gasteiger charge is -2.41. The maximum atomic E-state index is 14.4. The van der Waals surface area contributed by atoms with E-state index in [9.17, 15) is 24.8 Å². The summed E-state index contributed by atoms with van der Waals surface area (Å²) in [5.74, 6) is -1.10. The van der Waals surface area contributed by atoms with Gasteiger partial charge < -0.3 is 34.6 Å². The third kappa shape index (κ3) is 5.20.